The number of morpholine rings is 1. The monoisotopic (exact) mass is 328 g/mol. The second-order valence-electron chi connectivity index (χ2n) is 5.98. The maximum absolute atomic E-state index is 13.4. The molecule has 1 aliphatic heterocycles. The molecule has 2 aromatic rings. The second kappa shape index (κ2) is 7.55. The van der Waals surface area contributed by atoms with E-state index >= 15 is 0 Å². The van der Waals surface area contributed by atoms with Crippen molar-refractivity contribution >= 4 is 5.91 Å². The molecular weight excluding hydrogens is 307 g/mol. The first-order valence-corrected chi connectivity index (χ1v) is 8.09. The number of hydrogen-bond donors (Lipinski definition) is 1. The van der Waals surface area contributed by atoms with Crippen LogP contribution < -0.4 is 5.73 Å². The number of hydrogen-bond acceptors (Lipinski definition) is 3. The fourth-order valence-electron chi connectivity index (χ4n) is 2.92. The minimum absolute atomic E-state index is 0.00365. The predicted octanol–water partition coefficient (Wildman–Crippen LogP) is 2.82. The molecule has 0 aliphatic carbocycles. The van der Waals surface area contributed by atoms with Gasteiger partial charge in [-0.2, -0.15) is 0 Å². The van der Waals surface area contributed by atoms with Crippen LogP contribution >= 0.6 is 0 Å². The molecule has 126 valence electrons. The summed E-state index contributed by atoms with van der Waals surface area (Å²) >= 11 is 0. The number of nitrogens with zero attached hydrogens (tertiary/aromatic N) is 1. The summed E-state index contributed by atoms with van der Waals surface area (Å²) in [5, 5.41) is 0. The van der Waals surface area contributed by atoms with E-state index in [1.165, 1.54) is 12.1 Å². The van der Waals surface area contributed by atoms with E-state index < -0.39 is 0 Å². The van der Waals surface area contributed by atoms with E-state index in [2.05, 4.69) is 0 Å². The van der Waals surface area contributed by atoms with E-state index in [-0.39, 0.29) is 30.3 Å². The summed E-state index contributed by atoms with van der Waals surface area (Å²) in [7, 11) is 0. The normalized spacial score (nSPS) is 19.1. The lowest BCUT2D eigenvalue weighted by molar-refractivity contribution is -0.139. The fraction of sp³-hybridized carbons (Fsp3) is 0.316. The molecule has 2 N–H and O–H groups in total. The van der Waals surface area contributed by atoms with Gasteiger partial charge in [-0.1, -0.05) is 42.5 Å². The number of rotatable bonds is 4. The van der Waals surface area contributed by atoms with Crippen molar-refractivity contribution in [2.45, 2.75) is 18.6 Å². The molecule has 1 heterocycles. The number of ether oxygens (including phenoxy) is 1. The minimum Gasteiger partial charge on any atom is -0.370 e. The molecule has 2 atom stereocenters. The highest BCUT2D eigenvalue weighted by Gasteiger charge is 2.26. The van der Waals surface area contributed by atoms with Gasteiger partial charge in [0.1, 0.15) is 11.9 Å². The fourth-order valence-corrected chi connectivity index (χ4v) is 2.92. The third kappa shape index (κ3) is 3.99. The average Bonchev–Trinajstić information content (AvgIpc) is 2.62. The van der Waals surface area contributed by atoms with Crippen molar-refractivity contribution in [3.63, 3.8) is 0 Å². The van der Waals surface area contributed by atoms with Gasteiger partial charge in [-0.15, -0.1) is 0 Å². The molecule has 1 amide bonds. The van der Waals surface area contributed by atoms with E-state index in [1.807, 2.05) is 36.4 Å². The third-order valence-electron chi connectivity index (χ3n) is 4.26. The van der Waals surface area contributed by atoms with Gasteiger partial charge in [-0.3, -0.25) is 4.79 Å². The highest BCUT2D eigenvalue weighted by atomic mass is 19.1. The van der Waals surface area contributed by atoms with Crippen molar-refractivity contribution in [3.05, 3.63) is 71.5 Å². The van der Waals surface area contributed by atoms with Gasteiger partial charge in [0.05, 0.1) is 13.2 Å². The average molecular weight is 328 g/mol. The summed E-state index contributed by atoms with van der Waals surface area (Å²) in [5.74, 6) is -0.304. The topological polar surface area (TPSA) is 55.6 Å². The summed E-state index contributed by atoms with van der Waals surface area (Å²) in [6, 6.07) is 15.6. The first-order valence-electron chi connectivity index (χ1n) is 8.09. The van der Waals surface area contributed by atoms with Crippen LogP contribution in [0.4, 0.5) is 4.39 Å². The highest BCUT2D eigenvalue weighted by molar-refractivity contribution is 5.77. The van der Waals surface area contributed by atoms with E-state index in [9.17, 15) is 9.18 Å². The van der Waals surface area contributed by atoms with Crippen LogP contribution in [0.3, 0.4) is 0 Å². The summed E-state index contributed by atoms with van der Waals surface area (Å²) in [5.41, 5.74) is 7.83. The maximum Gasteiger partial charge on any atom is 0.224 e. The van der Waals surface area contributed by atoms with Crippen LogP contribution in [0.5, 0.6) is 0 Å². The van der Waals surface area contributed by atoms with Crippen LogP contribution in [0, 0.1) is 5.82 Å². The summed E-state index contributed by atoms with van der Waals surface area (Å²) in [6.45, 7) is 1.39. The summed E-state index contributed by atoms with van der Waals surface area (Å²) in [4.78, 5) is 14.3. The van der Waals surface area contributed by atoms with Crippen molar-refractivity contribution in [2.75, 3.05) is 19.7 Å². The quantitative estimate of drug-likeness (QED) is 0.939. The number of carbonyl (C=O) groups is 1. The molecular formula is C19H21FN2O2. The zero-order chi connectivity index (χ0) is 16.9. The molecule has 1 aliphatic rings. The van der Waals surface area contributed by atoms with Crippen molar-refractivity contribution < 1.29 is 13.9 Å². The molecule has 1 saturated heterocycles. The van der Waals surface area contributed by atoms with E-state index in [0.717, 1.165) is 11.1 Å². The molecule has 0 radical (unpaired) electrons. The first-order chi connectivity index (χ1) is 11.6. The Morgan fingerprint density at radius 1 is 1.25 bits per heavy atom. The standard InChI is InChI=1S/C19H21FN2O2/c20-16-8-4-7-15(11-16)18-13-22(9-10-24-18)19(23)12-17(21)14-5-2-1-3-6-14/h1-8,11,17-18H,9-10,12-13,21H2/t17-,18-/m1/s1. The van der Waals surface area contributed by atoms with Crippen molar-refractivity contribution in [1.82, 2.24) is 4.90 Å². The Bertz CT molecular complexity index is 693. The molecule has 4 nitrogen and oxygen atoms in total. The molecule has 2 aromatic carbocycles. The molecule has 0 saturated carbocycles. The Morgan fingerprint density at radius 2 is 2.04 bits per heavy atom. The van der Waals surface area contributed by atoms with Gasteiger partial charge in [-0.05, 0) is 23.3 Å². The maximum atomic E-state index is 13.4. The van der Waals surface area contributed by atoms with E-state index in [0.29, 0.717) is 19.7 Å². The van der Waals surface area contributed by atoms with E-state index in [4.69, 9.17) is 10.5 Å². The first kappa shape index (κ1) is 16.6. The number of halogens is 1. The van der Waals surface area contributed by atoms with Crippen LogP contribution in [0.15, 0.2) is 54.6 Å². The van der Waals surface area contributed by atoms with Gasteiger partial charge in [-0.25, -0.2) is 4.39 Å². The van der Waals surface area contributed by atoms with Gasteiger partial charge >= 0.3 is 0 Å². The zero-order valence-corrected chi connectivity index (χ0v) is 13.4. The van der Waals surface area contributed by atoms with Gasteiger partial charge in [0.25, 0.3) is 0 Å². The smallest absolute Gasteiger partial charge is 0.224 e. The highest BCUT2D eigenvalue weighted by Crippen LogP contribution is 2.24. The van der Waals surface area contributed by atoms with Crippen molar-refractivity contribution in [1.29, 1.82) is 0 Å². The van der Waals surface area contributed by atoms with Gasteiger partial charge in [0, 0.05) is 19.0 Å². The van der Waals surface area contributed by atoms with E-state index in [1.54, 1.807) is 11.0 Å². The van der Waals surface area contributed by atoms with Crippen LogP contribution in [-0.2, 0) is 9.53 Å². The lowest BCUT2D eigenvalue weighted by Gasteiger charge is -2.33. The van der Waals surface area contributed by atoms with Gasteiger partial charge < -0.3 is 15.4 Å². The van der Waals surface area contributed by atoms with Crippen LogP contribution in [0.25, 0.3) is 0 Å². The molecule has 1 fully saturated rings. The third-order valence-corrected chi connectivity index (χ3v) is 4.26. The van der Waals surface area contributed by atoms with Gasteiger partial charge in [0.2, 0.25) is 5.91 Å². The summed E-state index contributed by atoms with van der Waals surface area (Å²) in [6.07, 6.45) is -0.0498. The number of nitrogens with two attached hydrogens (primary N) is 1. The molecule has 0 aromatic heterocycles. The molecule has 3 rings (SSSR count). The number of amides is 1. The Kier molecular flexibility index (Phi) is 5.23. The Hall–Kier alpha value is -2.24. The number of carbonyl (C=O) groups excluding carboxylic acids is 1. The minimum atomic E-state index is -0.325. The SMILES string of the molecule is N[C@H](CC(=O)N1CCO[C@@H](c2cccc(F)c2)C1)c1ccccc1. The molecule has 5 heteroatoms. The molecule has 24 heavy (non-hydrogen) atoms. The van der Waals surface area contributed by atoms with Crippen molar-refractivity contribution in [3.8, 4) is 0 Å². The predicted molar refractivity (Wildman–Crippen MR) is 89.7 cm³/mol. The molecule has 0 spiro atoms. The van der Waals surface area contributed by atoms with Crippen LogP contribution in [0.1, 0.15) is 29.7 Å². The van der Waals surface area contributed by atoms with Crippen molar-refractivity contribution in [2.24, 2.45) is 5.73 Å². The van der Waals surface area contributed by atoms with Crippen LogP contribution in [0.2, 0.25) is 0 Å². The van der Waals surface area contributed by atoms with Crippen LogP contribution in [-0.4, -0.2) is 30.5 Å². The summed E-state index contributed by atoms with van der Waals surface area (Å²) < 4.78 is 19.1. The number of benzene rings is 2. The zero-order valence-electron chi connectivity index (χ0n) is 13.4. The Balaban J connectivity index is 1.63. The Morgan fingerprint density at radius 3 is 2.79 bits per heavy atom. The second-order valence-corrected chi connectivity index (χ2v) is 5.98. The molecule has 0 unspecified atom stereocenters. The largest absolute Gasteiger partial charge is 0.370 e. The lowest BCUT2D eigenvalue weighted by Crippen LogP contribution is -2.43. The lowest BCUT2D eigenvalue weighted by atomic mass is 10.0. The van der Waals surface area contributed by atoms with Gasteiger partial charge in [0.15, 0.2) is 0 Å². The Labute approximate surface area is 141 Å². The molecule has 0 bridgehead atoms.